The van der Waals surface area contributed by atoms with Crippen molar-refractivity contribution in [1.29, 1.82) is 0 Å². The summed E-state index contributed by atoms with van der Waals surface area (Å²) in [7, 11) is 2.44. The first-order valence-corrected chi connectivity index (χ1v) is 26.0. The van der Waals surface area contributed by atoms with Crippen LogP contribution in [-0.4, -0.2) is 130 Å². The molecule has 4 aromatic carbocycles. The van der Waals surface area contributed by atoms with E-state index in [-0.39, 0.29) is 34.5 Å². The Bertz CT molecular complexity index is 3540. The zero-order chi connectivity index (χ0) is 55.6. The van der Waals surface area contributed by atoms with Crippen LogP contribution in [0.5, 0.6) is 23.0 Å². The number of ether oxygens (including phenoxy) is 6. The number of imide groups is 2. The third kappa shape index (κ3) is 10.6. The van der Waals surface area contributed by atoms with Crippen LogP contribution in [0.4, 0.5) is 19.9 Å². The van der Waals surface area contributed by atoms with Gasteiger partial charge in [0.1, 0.15) is 61.6 Å². The molecule has 4 aromatic heterocycles. The second-order valence-corrected chi connectivity index (χ2v) is 19.5. The number of esters is 2. The smallest absolute Gasteiger partial charge is 0.357 e. The highest BCUT2D eigenvalue weighted by Crippen LogP contribution is 2.37. The predicted octanol–water partition coefficient (Wildman–Crippen LogP) is 5.37. The van der Waals surface area contributed by atoms with Crippen molar-refractivity contribution in [3.63, 3.8) is 0 Å². The van der Waals surface area contributed by atoms with Gasteiger partial charge in [0, 0.05) is 23.6 Å². The predicted molar refractivity (Wildman–Crippen MR) is 278 cm³/mol. The molecule has 4 N–H and O–H groups in total. The molecule has 0 saturated carbocycles. The minimum Gasteiger partial charge on any atom is -0.486 e. The summed E-state index contributed by atoms with van der Waals surface area (Å²) >= 11 is 2.01. The molecule has 0 radical (unpaired) electrons. The Morgan fingerprint density at radius 3 is 1.41 bits per heavy atom. The number of nitrogens with one attached hydrogen (secondary N) is 4. The van der Waals surface area contributed by atoms with E-state index in [0.717, 1.165) is 32.5 Å². The van der Waals surface area contributed by atoms with E-state index in [9.17, 15) is 38.4 Å². The van der Waals surface area contributed by atoms with Gasteiger partial charge in [-0.1, -0.05) is 24.3 Å². The monoisotopic (exact) mass is 1130 g/mol. The summed E-state index contributed by atoms with van der Waals surface area (Å²) in [5, 5.41) is 13.7. The number of aromatic nitrogens is 4. The van der Waals surface area contributed by atoms with Gasteiger partial charge in [0.25, 0.3) is 11.8 Å². The number of hydrogen-bond donors (Lipinski definition) is 4. The van der Waals surface area contributed by atoms with Crippen molar-refractivity contribution < 1.29 is 75.6 Å². The van der Waals surface area contributed by atoms with Crippen LogP contribution in [0.3, 0.4) is 0 Å². The van der Waals surface area contributed by atoms with E-state index < -0.39 is 71.8 Å². The number of carbonyl (C=O) groups is 8. The van der Waals surface area contributed by atoms with Crippen molar-refractivity contribution in [2.24, 2.45) is 0 Å². The van der Waals surface area contributed by atoms with Crippen molar-refractivity contribution in [1.82, 2.24) is 40.4 Å². The van der Waals surface area contributed by atoms with Gasteiger partial charge in [0.15, 0.2) is 68.6 Å². The Morgan fingerprint density at radius 2 is 1.00 bits per heavy atom. The van der Waals surface area contributed by atoms with Gasteiger partial charge in [-0.2, -0.15) is 0 Å². The van der Waals surface area contributed by atoms with E-state index in [4.69, 9.17) is 27.8 Å². The van der Waals surface area contributed by atoms with Gasteiger partial charge in [-0.15, -0.1) is 22.7 Å². The fourth-order valence-electron chi connectivity index (χ4n) is 9.06. The van der Waals surface area contributed by atoms with Gasteiger partial charge in [0.2, 0.25) is 11.8 Å². The van der Waals surface area contributed by atoms with E-state index in [2.05, 4.69) is 50.7 Å². The van der Waals surface area contributed by atoms with Crippen LogP contribution in [0.15, 0.2) is 105 Å². The Hall–Kier alpha value is -9.96. The van der Waals surface area contributed by atoms with Gasteiger partial charge in [-0.05, 0) is 70.8 Å². The van der Waals surface area contributed by atoms with Crippen LogP contribution >= 0.6 is 22.7 Å². The number of benzene rings is 4. The highest BCUT2D eigenvalue weighted by molar-refractivity contribution is 7.14. The summed E-state index contributed by atoms with van der Waals surface area (Å²) in [6, 6.07) is 14.2. The Labute approximate surface area is 458 Å². The first-order chi connectivity index (χ1) is 38.8. The average molecular weight is 1130 g/mol. The van der Waals surface area contributed by atoms with Crippen molar-refractivity contribution in [3.05, 3.63) is 130 Å². The number of methoxy groups -OCH3 is 2. The summed E-state index contributed by atoms with van der Waals surface area (Å²) in [5.74, 6) is -1.88. The summed E-state index contributed by atoms with van der Waals surface area (Å²) in [6.07, 6.45) is 2.57. The number of fused-ring (bicyclic) bond motifs is 4. The molecule has 0 unspecified atom stereocenters. The molecule has 28 heteroatoms. The maximum Gasteiger partial charge on any atom is 0.357 e. The Kier molecular flexibility index (Phi) is 14.4. The summed E-state index contributed by atoms with van der Waals surface area (Å²) < 4.78 is 42.2. The lowest BCUT2D eigenvalue weighted by atomic mass is 10.0. The minimum atomic E-state index is -1.26. The molecule has 2 fully saturated rings. The molecule has 0 spiro atoms. The average Bonchev–Trinajstić information content (AvgIpc) is 4.41. The second kappa shape index (κ2) is 22.2. The van der Waals surface area contributed by atoms with Crippen LogP contribution in [0, 0.1) is 0 Å². The Morgan fingerprint density at radius 1 is 0.588 bits per heavy atom. The molecule has 408 valence electrons. The standard InChI is InChI=1S/2C26H21N5O8S/c2*1-36-24(34)16-11-40-25(28-16)30-22(32)17(9-13-2-4-18-15(8-13)27-12-39-18)31-23(33)21(29-26(31)35)14-3-5-19-20(10-14)38-7-6-37-19/h2*2-5,8,10-12,17,21H,6-7,9H2,1H3,(H,29,35)(H,28,30,32)/t17-,21+;17-,21-/m00/s1. The highest BCUT2D eigenvalue weighted by Gasteiger charge is 2.47. The summed E-state index contributed by atoms with van der Waals surface area (Å²) in [5.41, 5.74) is 4.50. The van der Waals surface area contributed by atoms with Crippen LogP contribution in [0.1, 0.15) is 55.3 Å². The molecule has 8 aromatic rings. The quantitative estimate of drug-likeness (QED) is 0.0785. The lowest BCUT2D eigenvalue weighted by Crippen LogP contribution is -2.49. The first-order valence-electron chi connectivity index (χ1n) is 24.2. The number of thiazole rings is 2. The molecule has 8 heterocycles. The molecular weight excluding hydrogens is 1080 g/mol. The van der Waals surface area contributed by atoms with Gasteiger partial charge >= 0.3 is 24.0 Å². The molecule has 4 aliphatic rings. The van der Waals surface area contributed by atoms with Crippen LogP contribution in [-0.2, 0) is 41.5 Å². The van der Waals surface area contributed by atoms with E-state index in [0.29, 0.717) is 93.9 Å². The second-order valence-electron chi connectivity index (χ2n) is 17.8. The molecule has 0 aliphatic carbocycles. The van der Waals surface area contributed by atoms with E-state index in [1.54, 1.807) is 72.8 Å². The van der Waals surface area contributed by atoms with Crippen LogP contribution in [0.2, 0.25) is 0 Å². The number of hydrogen-bond acceptors (Lipinski definition) is 22. The molecular formula is C52H42N10O16S2. The minimum absolute atomic E-state index is 0.0170. The zero-order valence-corrected chi connectivity index (χ0v) is 43.5. The van der Waals surface area contributed by atoms with E-state index >= 15 is 0 Å². The maximum absolute atomic E-state index is 13.7. The third-order valence-electron chi connectivity index (χ3n) is 12.9. The number of rotatable bonds is 14. The number of carbonyl (C=O) groups excluding carboxylic acids is 8. The van der Waals surface area contributed by atoms with Crippen molar-refractivity contribution in [2.75, 3.05) is 51.3 Å². The van der Waals surface area contributed by atoms with Crippen LogP contribution < -0.4 is 40.2 Å². The number of amides is 8. The van der Waals surface area contributed by atoms with Crippen LogP contribution in [0.25, 0.3) is 22.2 Å². The van der Waals surface area contributed by atoms with Gasteiger partial charge < -0.3 is 58.5 Å². The molecule has 2 saturated heterocycles. The van der Waals surface area contributed by atoms with Gasteiger partial charge in [0.05, 0.1) is 14.2 Å². The zero-order valence-electron chi connectivity index (χ0n) is 41.8. The molecule has 4 aliphatic heterocycles. The Balaban J connectivity index is 0.000000169. The maximum atomic E-state index is 13.7. The summed E-state index contributed by atoms with van der Waals surface area (Å²) in [4.78, 5) is 123. The summed E-state index contributed by atoms with van der Waals surface area (Å²) in [6.45, 7) is 1.55. The molecule has 0 bridgehead atoms. The molecule has 80 heavy (non-hydrogen) atoms. The fraction of sp³-hybridized carbons (Fsp3) is 0.231. The van der Waals surface area contributed by atoms with Gasteiger partial charge in [-0.25, -0.2) is 48.9 Å². The normalized spacial score (nSPS) is 17.0. The SMILES string of the molecule is COC(=O)c1csc(NC(=O)[C@H](Cc2ccc3ocnc3c2)N2C(=O)N[C@@H](c3ccc4c(c3)OCCO4)C2=O)n1.COC(=O)c1csc(NC(=O)[C@H](Cc2ccc3ocnc3c2)N2C(=O)N[C@H](c3ccc4c(c3)OCCO4)C2=O)n1. The van der Waals surface area contributed by atoms with E-state index in [1.807, 2.05) is 0 Å². The third-order valence-corrected chi connectivity index (χ3v) is 14.4. The largest absolute Gasteiger partial charge is 0.486 e. The topological polar surface area (TPSA) is 324 Å². The fourth-order valence-corrected chi connectivity index (χ4v) is 10.4. The lowest BCUT2D eigenvalue weighted by Gasteiger charge is -2.24. The lowest BCUT2D eigenvalue weighted by molar-refractivity contribution is -0.134. The van der Waals surface area contributed by atoms with Crippen molar-refractivity contribution >= 4 is 103 Å². The number of oxazole rings is 2. The molecule has 4 atom stereocenters. The molecule has 12 rings (SSSR count). The van der Waals surface area contributed by atoms with Crippen molar-refractivity contribution in [2.45, 2.75) is 37.0 Å². The van der Waals surface area contributed by atoms with Gasteiger partial charge in [-0.3, -0.25) is 19.2 Å². The number of anilines is 2. The van der Waals surface area contributed by atoms with E-state index in [1.165, 1.54) is 37.8 Å². The number of urea groups is 2. The number of nitrogens with zero attached hydrogens (tertiary/aromatic N) is 6. The highest BCUT2D eigenvalue weighted by atomic mass is 32.1. The first kappa shape index (κ1) is 52.1. The van der Waals surface area contributed by atoms with Crippen molar-refractivity contribution in [3.8, 4) is 23.0 Å². The molecule has 26 nitrogen and oxygen atoms in total. The molecule has 8 amide bonds.